The van der Waals surface area contributed by atoms with Crippen LogP contribution in [0.2, 0.25) is 0 Å². The van der Waals surface area contributed by atoms with E-state index in [0.717, 1.165) is 31.4 Å². The van der Waals surface area contributed by atoms with E-state index in [9.17, 15) is 5.11 Å². The third kappa shape index (κ3) is 2.16. The molecule has 1 heterocycles. The minimum Gasteiger partial charge on any atom is -0.497 e. The van der Waals surface area contributed by atoms with Crippen LogP contribution in [0.4, 0.5) is 0 Å². The normalized spacial score (nSPS) is 42.3. The molecule has 1 saturated carbocycles. The molecule has 1 saturated heterocycles. The molecule has 0 bridgehead atoms. The predicted molar refractivity (Wildman–Crippen MR) is 89.6 cm³/mol. The van der Waals surface area contributed by atoms with E-state index in [1.807, 2.05) is 6.92 Å². The summed E-state index contributed by atoms with van der Waals surface area (Å²) in [7, 11) is 1.74. The van der Waals surface area contributed by atoms with E-state index in [-0.39, 0.29) is 5.41 Å². The van der Waals surface area contributed by atoms with Crippen LogP contribution in [0.1, 0.15) is 56.6 Å². The number of ether oxygens (including phenoxy) is 2. The molecule has 126 valence electrons. The second kappa shape index (κ2) is 5.22. The standard InChI is InChI=1S/C20H28O3/c1-19-10-8-16-15-7-5-14(22-3)12-13(15)4-6-17(16)18(19)9-11-23-20(19,2)21/h5,7,12,16-18,21H,4,6,8-11H2,1-3H3/t16-,17-,18+,19+,20-/m1/s1. The van der Waals surface area contributed by atoms with Gasteiger partial charge < -0.3 is 14.6 Å². The number of benzene rings is 1. The summed E-state index contributed by atoms with van der Waals surface area (Å²) in [6, 6.07) is 6.61. The molecule has 1 aromatic rings. The summed E-state index contributed by atoms with van der Waals surface area (Å²) in [5.74, 6) is 1.85. The lowest BCUT2D eigenvalue weighted by Gasteiger charge is -2.59. The van der Waals surface area contributed by atoms with Crippen molar-refractivity contribution in [3.8, 4) is 5.75 Å². The molecule has 0 radical (unpaired) electrons. The molecule has 2 aliphatic carbocycles. The molecule has 0 spiro atoms. The number of aliphatic hydroxyl groups is 1. The maximum absolute atomic E-state index is 10.8. The molecule has 5 atom stereocenters. The molecule has 23 heavy (non-hydrogen) atoms. The molecule has 0 unspecified atom stereocenters. The molecule has 1 aromatic carbocycles. The van der Waals surface area contributed by atoms with Crippen LogP contribution in [0.25, 0.3) is 0 Å². The third-order valence-electron chi connectivity index (χ3n) is 7.19. The lowest BCUT2D eigenvalue weighted by molar-refractivity contribution is -0.314. The summed E-state index contributed by atoms with van der Waals surface area (Å²) in [4.78, 5) is 0. The maximum Gasteiger partial charge on any atom is 0.168 e. The first-order valence-corrected chi connectivity index (χ1v) is 8.99. The van der Waals surface area contributed by atoms with Crippen LogP contribution in [-0.2, 0) is 11.2 Å². The van der Waals surface area contributed by atoms with Gasteiger partial charge in [0.15, 0.2) is 5.79 Å². The lowest BCUT2D eigenvalue weighted by Crippen LogP contribution is -2.59. The number of hydrogen-bond donors (Lipinski definition) is 1. The van der Waals surface area contributed by atoms with Gasteiger partial charge in [-0.1, -0.05) is 13.0 Å². The fraction of sp³-hybridized carbons (Fsp3) is 0.700. The molecule has 3 heteroatoms. The van der Waals surface area contributed by atoms with Crippen molar-refractivity contribution in [3.05, 3.63) is 29.3 Å². The Morgan fingerprint density at radius 2 is 2.04 bits per heavy atom. The highest BCUT2D eigenvalue weighted by atomic mass is 16.6. The first-order chi connectivity index (χ1) is 11.0. The highest BCUT2D eigenvalue weighted by Gasteiger charge is 2.58. The SMILES string of the molecule is COc1ccc2c(c1)CC[C@@H]1[C@@H]2CC[C@@]2(C)[C@H]1CCO[C@@]2(C)O. The first-order valence-electron chi connectivity index (χ1n) is 8.99. The average Bonchev–Trinajstić information content (AvgIpc) is 2.54. The van der Waals surface area contributed by atoms with Crippen molar-refractivity contribution in [2.45, 2.75) is 57.7 Å². The molecular weight excluding hydrogens is 288 g/mol. The summed E-state index contributed by atoms with van der Waals surface area (Å²) >= 11 is 0. The topological polar surface area (TPSA) is 38.7 Å². The zero-order chi connectivity index (χ0) is 16.2. The minimum atomic E-state index is -0.985. The Bertz CT molecular complexity index is 609. The molecular formula is C20H28O3. The summed E-state index contributed by atoms with van der Waals surface area (Å²) in [6.45, 7) is 4.81. The van der Waals surface area contributed by atoms with E-state index >= 15 is 0 Å². The number of hydrogen-bond acceptors (Lipinski definition) is 3. The quantitative estimate of drug-likeness (QED) is 0.854. The maximum atomic E-state index is 10.8. The Labute approximate surface area is 139 Å². The van der Waals surface area contributed by atoms with Crippen LogP contribution in [-0.4, -0.2) is 24.6 Å². The molecule has 1 aliphatic heterocycles. The van der Waals surface area contributed by atoms with Gasteiger partial charge in [0.2, 0.25) is 0 Å². The zero-order valence-electron chi connectivity index (χ0n) is 14.5. The monoisotopic (exact) mass is 316 g/mol. The summed E-state index contributed by atoms with van der Waals surface area (Å²) in [6.07, 6.45) is 5.62. The van der Waals surface area contributed by atoms with Crippen molar-refractivity contribution in [2.24, 2.45) is 17.3 Å². The van der Waals surface area contributed by atoms with Gasteiger partial charge >= 0.3 is 0 Å². The van der Waals surface area contributed by atoms with Crippen molar-refractivity contribution in [1.29, 1.82) is 0 Å². The second-order valence-corrected chi connectivity index (χ2v) is 8.06. The van der Waals surface area contributed by atoms with Crippen LogP contribution in [0.3, 0.4) is 0 Å². The van der Waals surface area contributed by atoms with Crippen molar-refractivity contribution < 1.29 is 14.6 Å². The Balaban J connectivity index is 1.69. The molecule has 3 nitrogen and oxygen atoms in total. The van der Waals surface area contributed by atoms with Crippen LogP contribution in [0.5, 0.6) is 5.75 Å². The summed E-state index contributed by atoms with van der Waals surface area (Å²) in [5, 5.41) is 10.8. The van der Waals surface area contributed by atoms with E-state index in [0.29, 0.717) is 24.4 Å². The highest BCUT2D eigenvalue weighted by molar-refractivity contribution is 5.40. The van der Waals surface area contributed by atoms with Gasteiger partial charge in [0.25, 0.3) is 0 Å². The minimum absolute atomic E-state index is 0.115. The van der Waals surface area contributed by atoms with E-state index in [1.54, 1.807) is 7.11 Å². The van der Waals surface area contributed by atoms with Gasteiger partial charge in [-0.25, -0.2) is 0 Å². The van der Waals surface area contributed by atoms with Gasteiger partial charge in [0.05, 0.1) is 13.7 Å². The van der Waals surface area contributed by atoms with Crippen LogP contribution < -0.4 is 4.74 Å². The van der Waals surface area contributed by atoms with Crippen LogP contribution >= 0.6 is 0 Å². The van der Waals surface area contributed by atoms with Crippen molar-refractivity contribution in [3.63, 3.8) is 0 Å². The Morgan fingerprint density at radius 1 is 1.22 bits per heavy atom. The highest BCUT2D eigenvalue weighted by Crippen LogP contribution is 2.61. The fourth-order valence-corrected chi connectivity index (χ4v) is 5.66. The van der Waals surface area contributed by atoms with Gasteiger partial charge in [-0.05, 0) is 80.0 Å². The zero-order valence-corrected chi connectivity index (χ0v) is 14.5. The lowest BCUT2D eigenvalue weighted by atomic mass is 9.51. The predicted octanol–water partition coefficient (Wildman–Crippen LogP) is 3.89. The Hall–Kier alpha value is -1.06. The van der Waals surface area contributed by atoms with Crippen LogP contribution in [0, 0.1) is 17.3 Å². The second-order valence-electron chi connectivity index (χ2n) is 8.06. The molecule has 3 aliphatic rings. The average molecular weight is 316 g/mol. The van der Waals surface area contributed by atoms with Gasteiger partial charge in [0.1, 0.15) is 5.75 Å². The van der Waals surface area contributed by atoms with E-state index < -0.39 is 5.79 Å². The largest absolute Gasteiger partial charge is 0.497 e. The summed E-state index contributed by atoms with van der Waals surface area (Å²) in [5.41, 5.74) is 2.87. The van der Waals surface area contributed by atoms with Crippen molar-refractivity contribution in [2.75, 3.05) is 13.7 Å². The smallest absolute Gasteiger partial charge is 0.168 e. The van der Waals surface area contributed by atoms with Crippen molar-refractivity contribution >= 4 is 0 Å². The molecule has 1 N–H and O–H groups in total. The van der Waals surface area contributed by atoms with Gasteiger partial charge in [0, 0.05) is 5.41 Å². The Kier molecular flexibility index (Phi) is 3.51. The molecule has 4 rings (SSSR count). The first kappa shape index (κ1) is 15.5. The molecule has 2 fully saturated rings. The number of methoxy groups -OCH3 is 1. The third-order valence-corrected chi connectivity index (χ3v) is 7.19. The number of aryl methyl sites for hydroxylation is 1. The van der Waals surface area contributed by atoms with Gasteiger partial charge in [-0.2, -0.15) is 0 Å². The summed E-state index contributed by atoms with van der Waals surface area (Å²) < 4.78 is 11.2. The van der Waals surface area contributed by atoms with Gasteiger partial charge in [-0.3, -0.25) is 0 Å². The van der Waals surface area contributed by atoms with Gasteiger partial charge in [-0.15, -0.1) is 0 Å². The van der Waals surface area contributed by atoms with Crippen molar-refractivity contribution in [1.82, 2.24) is 0 Å². The Morgan fingerprint density at radius 3 is 2.83 bits per heavy atom. The fourth-order valence-electron chi connectivity index (χ4n) is 5.66. The molecule has 0 aromatic heterocycles. The van der Waals surface area contributed by atoms with E-state index in [2.05, 4.69) is 25.1 Å². The number of rotatable bonds is 1. The number of fused-ring (bicyclic) bond motifs is 5. The van der Waals surface area contributed by atoms with E-state index in [4.69, 9.17) is 9.47 Å². The molecule has 0 amide bonds. The van der Waals surface area contributed by atoms with Crippen LogP contribution in [0.15, 0.2) is 18.2 Å². The van der Waals surface area contributed by atoms with E-state index in [1.165, 1.54) is 17.5 Å².